The third kappa shape index (κ3) is 5.91. The fourth-order valence-corrected chi connectivity index (χ4v) is 2.35. The molecule has 2 rings (SSSR count). The number of unbranched alkanes of at least 4 members (excludes halogenated alkanes) is 3. The Morgan fingerprint density at radius 1 is 1.04 bits per heavy atom. The summed E-state index contributed by atoms with van der Waals surface area (Å²) in [5, 5.41) is 0. The van der Waals surface area contributed by atoms with Gasteiger partial charge in [-0.1, -0.05) is 12.8 Å². The molecule has 0 aliphatic heterocycles. The van der Waals surface area contributed by atoms with E-state index < -0.39 is 0 Å². The van der Waals surface area contributed by atoms with Gasteiger partial charge < -0.3 is 9.64 Å². The highest BCUT2D eigenvalue weighted by Gasteiger charge is 2.11. The van der Waals surface area contributed by atoms with Crippen LogP contribution in [0, 0.1) is 0 Å². The van der Waals surface area contributed by atoms with Gasteiger partial charge in [0.25, 0.3) is 0 Å². The molecule has 0 spiro atoms. The minimum atomic E-state index is -0.111. The Hall–Kier alpha value is -2.57. The fourth-order valence-electron chi connectivity index (χ4n) is 2.35. The first kappa shape index (κ1) is 17.8. The van der Waals surface area contributed by atoms with Crippen LogP contribution in [-0.4, -0.2) is 39.1 Å². The number of anilines is 2. The average molecular weight is 329 g/mol. The van der Waals surface area contributed by atoms with Gasteiger partial charge in [0.2, 0.25) is 0 Å². The van der Waals surface area contributed by atoms with E-state index in [0.717, 1.165) is 43.9 Å². The fraction of sp³-hybridized carbons (Fsp3) is 0.471. The van der Waals surface area contributed by atoms with Crippen molar-refractivity contribution in [2.24, 2.45) is 0 Å². The molecule has 7 nitrogen and oxygen atoms in total. The predicted octanol–water partition coefficient (Wildman–Crippen LogP) is 2.92. The van der Waals surface area contributed by atoms with Crippen LogP contribution in [0.4, 0.5) is 11.6 Å². The number of ether oxygens (including phenoxy) is 1. The van der Waals surface area contributed by atoms with Crippen molar-refractivity contribution in [2.75, 3.05) is 18.1 Å². The van der Waals surface area contributed by atoms with Crippen molar-refractivity contribution in [1.82, 2.24) is 19.9 Å². The first-order valence-corrected chi connectivity index (χ1v) is 8.26. The molecule has 0 N–H and O–H groups in total. The number of hydrogen-bond acceptors (Lipinski definition) is 7. The van der Waals surface area contributed by atoms with E-state index in [0.29, 0.717) is 13.0 Å². The van der Waals surface area contributed by atoms with E-state index in [9.17, 15) is 4.79 Å². The molecule has 0 aliphatic carbocycles. The zero-order valence-electron chi connectivity index (χ0n) is 14.0. The minimum absolute atomic E-state index is 0.111. The number of carbonyl (C=O) groups is 1. The molecule has 0 aliphatic rings. The number of rotatable bonds is 10. The van der Waals surface area contributed by atoms with Crippen LogP contribution in [0.2, 0.25) is 0 Å². The van der Waals surface area contributed by atoms with E-state index in [1.54, 1.807) is 24.8 Å². The summed E-state index contributed by atoms with van der Waals surface area (Å²) in [6, 6.07) is 1.86. The maximum atomic E-state index is 11.3. The van der Waals surface area contributed by atoms with Crippen LogP contribution in [0.1, 0.15) is 39.0 Å². The van der Waals surface area contributed by atoms with Crippen molar-refractivity contribution < 1.29 is 9.53 Å². The standard InChI is InChI=1S/C17H23N5O2/c1-2-24-17(23)7-5-3-4-6-12-22(15-8-9-19-14-21-15)16-13-18-10-11-20-16/h8-11,13-14H,2-7,12H2,1H3. The summed E-state index contributed by atoms with van der Waals surface area (Å²) in [5.74, 6) is 1.46. The van der Waals surface area contributed by atoms with Crippen molar-refractivity contribution in [1.29, 1.82) is 0 Å². The SMILES string of the molecule is CCOC(=O)CCCCCCN(c1ccncn1)c1cnccn1. The lowest BCUT2D eigenvalue weighted by molar-refractivity contribution is -0.143. The lowest BCUT2D eigenvalue weighted by Crippen LogP contribution is -2.21. The summed E-state index contributed by atoms with van der Waals surface area (Å²) < 4.78 is 4.93. The van der Waals surface area contributed by atoms with E-state index in [1.165, 1.54) is 6.33 Å². The molecule has 2 heterocycles. The third-order valence-electron chi connectivity index (χ3n) is 3.49. The molecule has 2 aromatic heterocycles. The van der Waals surface area contributed by atoms with Crippen LogP contribution < -0.4 is 4.90 Å². The highest BCUT2D eigenvalue weighted by Crippen LogP contribution is 2.20. The molecular weight excluding hydrogens is 306 g/mol. The number of esters is 1. The lowest BCUT2D eigenvalue weighted by Gasteiger charge is -2.21. The molecular formula is C17H23N5O2. The van der Waals surface area contributed by atoms with Crippen molar-refractivity contribution in [2.45, 2.75) is 39.0 Å². The smallest absolute Gasteiger partial charge is 0.305 e. The molecule has 7 heteroatoms. The number of carbonyl (C=O) groups excluding carboxylic acids is 1. The zero-order chi connectivity index (χ0) is 17.0. The van der Waals surface area contributed by atoms with Gasteiger partial charge >= 0.3 is 5.97 Å². The van der Waals surface area contributed by atoms with Crippen molar-refractivity contribution in [3.05, 3.63) is 37.2 Å². The number of nitrogens with zero attached hydrogens (tertiary/aromatic N) is 5. The van der Waals surface area contributed by atoms with Gasteiger partial charge in [-0.3, -0.25) is 9.78 Å². The number of hydrogen-bond donors (Lipinski definition) is 0. The van der Waals surface area contributed by atoms with Gasteiger partial charge in [-0.15, -0.1) is 0 Å². The summed E-state index contributed by atoms with van der Waals surface area (Å²) in [5.41, 5.74) is 0. The molecule has 0 fully saturated rings. The first-order valence-electron chi connectivity index (χ1n) is 8.26. The normalized spacial score (nSPS) is 10.4. The van der Waals surface area contributed by atoms with Gasteiger partial charge in [-0.2, -0.15) is 0 Å². The molecule has 0 aromatic carbocycles. The van der Waals surface area contributed by atoms with Crippen LogP contribution in [0.3, 0.4) is 0 Å². The second kappa shape index (κ2) is 10.3. The minimum Gasteiger partial charge on any atom is -0.466 e. The Bertz CT molecular complexity index is 555. The second-order valence-corrected chi connectivity index (χ2v) is 5.25. The Labute approximate surface area is 142 Å². The van der Waals surface area contributed by atoms with E-state index in [-0.39, 0.29) is 5.97 Å². The van der Waals surface area contributed by atoms with Gasteiger partial charge in [-0.25, -0.2) is 15.0 Å². The first-order chi connectivity index (χ1) is 11.8. The molecule has 2 aromatic rings. The molecule has 128 valence electrons. The zero-order valence-corrected chi connectivity index (χ0v) is 14.0. The van der Waals surface area contributed by atoms with Gasteiger partial charge in [-0.05, 0) is 25.8 Å². The number of aromatic nitrogens is 4. The van der Waals surface area contributed by atoms with Crippen molar-refractivity contribution >= 4 is 17.6 Å². The van der Waals surface area contributed by atoms with Gasteiger partial charge in [0.1, 0.15) is 12.1 Å². The van der Waals surface area contributed by atoms with Crippen LogP contribution in [-0.2, 0) is 9.53 Å². The quantitative estimate of drug-likeness (QED) is 0.489. The third-order valence-corrected chi connectivity index (χ3v) is 3.49. The molecule has 0 atom stereocenters. The summed E-state index contributed by atoms with van der Waals surface area (Å²) in [6.45, 7) is 3.06. The average Bonchev–Trinajstić information content (AvgIpc) is 2.63. The van der Waals surface area contributed by atoms with E-state index in [4.69, 9.17) is 4.74 Å². The largest absolute Gasteiger partial charge is 0.466 e. The van der Waals surface area contributed by atoms with Crippen LogP contribution in [0.5, 0.6) is 0 Å². The summed E-state index contributed by atoms with van der Waals surface area (Å²) in [4.78, 5) is 30.1. The maximum absolute atomic E-state index is 11.3. The Morgan fingerprint density at radius 3 is 2.62 bits per heavy atom. The van der Waals surface area contributed by atoms with Crippen LogP contribution in [0.25, 0.3) is 0 Å². The maximum Gasteiger partial charge on any atom is 0.305 e. The van der Waals surface area contributed by atoms with Crippen molar-refractivity contribution in [3.63, 3.8) is 0 Å². The van der Waals surface area contributed by atoms with Crippen molar-refractivity contribution in [3.8, 4) is 0 Å². The molecule has 0 saturated heterocycles. The molecule has 0 amide bonds. The molecule has 24 heavy (non-hydrogen) atoms. The topological polar surface area (TPSA) is 81.1 Å². The second-order valence-electron chi connectivity index (χ2n) is 5.25. The molecule has 0 unspecified atom stereocenters. The van der Waals surface area contributed by atoms with Gasteiger partial charge in [0.05, 0.1) is 12.8 Å². The summed E-state index contributed by atoms with van der Waals surface area (Å²) in [7, 11) is 0. The van der Waals surface area contributed by atoms with Gasteiger partial charge in [0.15, 0.2) is 5.82 Å². The summed E-state index contributed by atoms with van der Waals surface area (Å²) in [6.07, 6.45) is 12.6. The van der Waals surface area contributed by atoms with Gasteiger partial charge in [0, 0.05) is 31.6 Å². The Kier molecular flexibility index (Phi) is 7.59. The molecule has 0 radical (unpaired) electrons. The monoisotopic (exact) mass is 329 g/mol. The highest BCUT2D eigenvalue weighted by molar-refractivity contribution is 5.69. The lowest BCUT2D eigenvalue weighted by atomic mass is 10.1. The molecule has 0 saturated carbocycles. The summed E-state index contributed by atoms with van der Waals surface area (Å²) >= 11 is 0. The Balaban J connectivity index is 1.81. The Morgan fingerprint density at radius 2 is 1.92 bits per heavy atom. The van der Waals surface area contributed by atoms with E-state index in [1.807, 2.05) is 17.9 Å². The van der Waals surface area contributed by atoms with E-state index in [2.05, 4.69) is 19.9 Å². The van der Waals surface area contributed by atoms with Crippen LogP contribution in [0.15, 0.2) is 37.2 Å². The van der Waals surface area contributed by atoms with Crippen LogP contribution >= 0.6 is 0 Å². The predicted molar refractivity (Wildman–Crippen MR) is 90.8 cm³/mol. The molecule has 0 bridgehead atoms. The highest BCUT2D eigenvalue weighted by atomic mass is 16.5. The van der Waals surface area contributed by atoms with E-state index >= 15 is 0 Å².